The average molecular weight is 504 g/mol. The molecule has 188 valence electrons. The summed E-state index contributed by atoms with van der Waals surface area (Å²) in [5, 5.41) is 0. The summed E-state index contributed by atoms with van der Waals surface area (Å²) in [4.78, 5) is 10.4. The predicted octanol–water partition coefficient (Wildman–Crippen LogP) is 6.32. The van der Waals surface area contributed by atoms with E-state index in [9.17, 15) is 44.3 Å². The van der Waals surface area contributed by atoms with Crippen LogP contribution in [0.5, 0.6) is 5.75 Å². The maximum absolute atomic E-state index is 13.8. The molecule has 4 nitrogen and oxygen atoms in total. The molecule has 2 aromatic carbocycles. The Hall–Kier alpha value is -2.80. The number of rotatable bonds is 6. The summed E-state index contributed by atoms with van der Waals surface area (Å²) in [5.74, 6) is -11.0. The second-order valence-electron chi connectivity index (χ2n) is 6.98. The molecular formula is C21H17F9O4. The predicted molar refractivity (Wildman–Crippen MR) is 97.8 cm³/mol. The number of benzene rings is 2. The highest BCUT2D eigenvalue weighted by molar-refractivity contribution is 5.88. The van der Waals surface area contributed by atoms with Crippen molar-refractivity contribution >= 4 is 6.04 Å². The lowest BCUT2D eigenvalue weighted by Gasteiger charge is -2.24. The average Bonchev–Trinajstić information content (AvgIpc) is 2.75. The molecule has 1 aliphatic heterocycles. The number of hydrogen-bond acceptors (Lipinski definition) is 4. The van der Waals surface area contributed by atoms with E-state index in [1.54, 1.807) is 0 Å². The van der Waals surface area contributed by atoms with Gasteiger partial charge in [0, 0.05) is 18.1 Å². The number of hydrogen-bond donors (Lipinski definition) is 0. The van der Waals surface area contributed by atoms with Crippen LogP contribution in [0.3, 0.4) is 0 Å². The first-order valence-electron chi connectivity index (χ1n) is 9.64. The van der Waals surface area contributed by atoms with Crippen molar-refractivity contribution in [2.75, 3.05) is 13.2 Å². The number of halogens is 9. The van der Waals surface area contributed by atoms with E-state index < -0.39 is 64.7 Å². The molecular weight excluding hydrogens is 487 g/mol. The maximum Gasteiger partial charge on any atom is 0.429 e. The molecule has 3 rings (SSSR count). The monoisotopic (exact) mass is 504 g/mol. The van der Waals surface area contributed by atoms with Crippen molar-refractivity contribution < 1.29 is 58.5 Å². The van der Waals surface area contributed by atoms with Gasteiger partial charge in [-0.25, -0.2) is 22.0 Å². The molecule has 1 fully saturated rings. The van der Waals surface area contributed by atoms with Crippen LogP contribution in [0.4, 0.5) is 39.5 Å². The van der Waals surface area contributed by atoms with E-state index in [1.807, 2.05) is 0 Å². The molecule has 0 radical (unpaired) electrons. The molecule has 0 saturated carbocycles. The summed E-state index contributed by atoms with van der Waals surface area (Å²) in [6.45, 7) is 1.64. The van der Waals surface area contributed by atoms with Gasteiger partial charge >= 0.3 is 18.7 Å². The van der Waals surface area contributed by atoms with E-state index in [0.717, 1.165) is 12.8 Å². The van der Waals surface area contributed by atoms with E-state index in [1.165, 1.54) is 0 Å². The van der Waals surface area contributed by atoms with Crippen LogP contribution in [0.2, 0.25) is 0 Å². The second-order valence-corrected chi connectivity index (χ2v) is 6.98. The van der Waals surface area contributed by atoms with Gasteiger partial charge in [0.15, 0.2) is 29.1 Å². The molecule has 13 heteroatoms. The maximum atomic E-state index is 13.8. The van der Waals surface area contributed by atoms with E-state index in [2.05, 4.69) is 21.1 Å². The Morgan fingerprint density at radius 1 is 1.00 bits per heavy atom. The Morgan fingerprint density at radius 2 is 1.56 bits per heavy atom. The molecule has 0 spiro atoms. The minimum Gasteiger partial charge on any atom is -0.429 e. The third-order valence-corrected chi connectivity index (χ3v) is 4.43. The molecule has 0 amide bonds. The molecule has 0 atom stereocenters. The third kappa shape index (κ3) is 6.86. The van der Waals surface area contributed by atoms with E-state index in [-0.39, 0.29) is 24.3 Å². The molecule has 0 aliphatic carbocycles. The number of carbonyl (C=O) groups excluding carboxylic acids is 1. The fraction of sp³-hybridized carbons (Fsp3) is 0.381. The number of alkyl halides is 3. The van der Waals surface area contributed by atoms with Crippen LogP contribution in [-0.4, -0.2) is 25.8 Å². The standard InChI is InChI=1S/C14H4F8O2.C7H13FO2/c15-8-3-5(4-9(16)12(8)19)24-14(21,22)7-2-1-6(13(20)23)10(17)11(7)18;1-2-3-6-4-9-7(8)10-5-6/h1-4H;6-7H,2-5H2,1H3. The summed E-state index contributed by atoms with van der Waals surface area (Å²) in [6, 6.07) is -1.90. The lowest BCUT2D eigenvalue weighted by molar-refractivity contribution is -0.264. The minimum atomic E-state index is -4.67. The van der Waals surface area contributed by atoms with E-state index in [0.29, 0.717) is 19.1 Å². The van der Waals surface area contributed by atoms with Crippen LogP contribution in [0.15, 0.2) is 24.3 Å². The van der Waals surface area contributed by atoms with Crippen molar-refractivity contribution in [3.05, 3.63) is 64.5 Å². The summed E-state index contributed by atoms with van der Waals surface area (Å²) in [7, 11) is 0. The van der Waals surface area contributed by atoms with Gasteiger partial charge in [-0.05, 0) is 18.6 Å². The van der Waals surface area contributed by atoms with Crippen LogP contribution < -0.4 is 4.74 Å². The number of carbonyl (C=O) groups is 1. The van der Waals surface area contributed by atoms with Crippen molar-refractivity contribution in [3.63, 3.8) is 0 Å². The Bertz CT molecular complexity index is 985. The normalized spacial score (nSPS) is 18.2. The van der Waals surface area contributed by atoms with Crippen molar-refractivity contribution in [3.8, 4) is 5.75 Å². The van der Waals surface area contributed by atoms with Gasteiger partial charge in [-0.1, -0.05) is 13.3 Å². The van der Waals surface area contributed by atoms with Gasteiger partial charge in [0.05, 0.1) is 18.8 Å². The van der Waals surface area contributed by atoms with Gasteiger partial charge in [0.1, 0.15) is 11.3 Å². The topological polar surface area (TPSA) is 44.8 Å². The van der Waals surface area contributed by atoms with Crippen molar-refractivity contribution in [2.24, 2.45) is 5.92 Å². The summed E-state index contributed by atoms with van der Waals surface area (Å²) >= 11 is 0. The van der Waals surface area contributed by atoms with Gasteiger partial charge in [0.25, 0.3) is 0 Å². The molecule has 0 N–H and O–H groups in total. The van der Waals surface area contributed by atoms with E-state index in [4.69, 9.17) is 0 Å². The lowest BCUT2D eigenvalue weighted by Crippen LogP contribution is -2.29. The fourth-order valence-electron chi connectivity index (χ4n) is 2.81. The first-order valence-corrected chi connectivity index (χ1v) is 9.64. The van der Waals surface area contributed by atoms with Gasteiger partial charge in [-0.3, -0.25) is 4.79 Å². The van der Waals surface area contributed by atoms with Crippen LogP contribution in [0.25, 0.3) is 0 Å². The smallest absolute Gasteiger partial charge is 0.429 e. The largest absolute Gasteiger partial charge is 0.429 e. The zero-order chi connectivity index (χ0) is 25.6. The quantitative estimate of drug-likeness (QED) is 0.262. The minimum absolute atomic E-state index is 0.0556. The fourth-order valence-corrected chi connectivity index (χ4v) is 2.81. The summed E-state index contributed by atoms with van der Waals surface area (Å²) in [5.41, 5.74) is -3.19. The zero-order valence-corrected chi connectivity index (χ0v) is 17.3. The Morgan fingerprint density at radius 3 is 2.06 bits per heavy atom. The highest BCUT2D eigenvalue weighted by Crippen LogP contribution is 2.35. The van der Waals surface area contributed by atoms with Crippen LogP contribution in [0.1, 0.15) is 35.7 Å². The molecule has 0 aromatic heterocycles. The lowest BCUT2D eigenvalue weighted by atomic mass is 10.1. The van der Waals surface area contributed by atoms with Crippen LogP contribution in [0, 0.1) is 35.0 Å². The molecule has 1 saturated heterocycles. The SMILES string of the molecule is CCCC1COC(F)OC1.O=C(F)c1ccc(C(F)(F)Oc2cc(F)c(F)c(F)c2)c(F)c1F. The van der Waals surface area contributed by atoms with Crippen LogP contribution in [-0.2, 0) is 15.6 Å². The highest BCUT2D eigenvalue weighted by atomic mass is 19.3. The molecule has 1 aliphatic rings. The molecule has 2 aromatic rings. The van der Waals surface area contributed by atoms with Crippen molar-refractivity contribution in [2.45, 2.75) is 32.4 Å². The Balaban J connectivity index is 0.000000340. The highest BCUT2D eigenvalue weighted by Gasteiger charge is 2.40. The molecule has 1 heterocycles. The Kier molecular flexibility index (Phi) is 9.33. The number of ether oxygens (including phenoxy) is 3. The molecule has 0 bridgehead atoms. The first kappa shape index (κ1) is 27.4. The van der Waals surface area contributed by atoms with Crippen molar-refractivity contribution in [1.82, 2.24) is 0 Å². The van der Waals surface area contributed by atoms with Crippen LogP contribution >= 0.6 is 0 Å². The third-order valence-electron chi connectivity index (χ3n) is 4.43. The van der Waals surface area contributed by atoms with E-state index >= 15 is 0 Å². The van der Waals surface area contributed by atoms with Crippen molar-refractivity contribution in [1.29, 1.82) is 0 Å². The van der Waals surface area contributed by atoms with Gasteiger partial charge in [-0.15, -0.1) is 0 Å². The van der Waals surface area contributed by atoms with Gasteiger partial charge < -0.3 is 14.2 Å². The van der Waals surface area contributed by atoms with Gasteiger partial charge in [0.2, 0.25) is 0 Å². The van der Waals surface area contributed by atoms with Gasteiger partial charge in [-0.2, -0.15) is 17.6 Å². The zero-order valence-electron chi connectivity index (χ0n) is 17.3. The first-order chi connectivity index (χ1) is 15.9. The summed E-state index contributed by atoms with van der Waals surface area (Å²) < 4.78 is 131. The Labute approximate surface area is 187 Å². The molecule has 0 unspecified atom stereocenters. The second kappa shape index (κ2) is 11.6. The summed E-state index contributed by atoms with van der Waals surface area (Å²) in [6.07, 6.45) is -2.50. The molecule has 34 heavy (non-hydrogen) atoms.